The highest BCUT2D eigenvalue weighted by atomic mass is 16.5. The van der Waals surface area contributed by atoms with E-state index in [2.05, 4.69) is 0 Å². The summed E-state index contributed by atoms with van der Waals surface area (Å²) in [6.45, 7) is 3.69. The van der Waals surface area contributed by atoms with Gasteiger partial charge in [-0.3, -0.25) is 4.79 Å². The minimum atomic E-state index is -0.383. The molecule has 2 rings (SSSR count). The van der Waals surface area contributed by atoms with Crippen LogP contribution >= 0.6 is 0 Å². The lowest BCUT2D eigenvalue weighted by atomic mass is 9.93. The summed E-state index contributed by atoms with van der Waals surface area (Å²) < 4.78 is 4.88. The minimum Gasteiger partial charge on any atom is -0.463 e. The van der Waals surface area contributed by atoms with Crippen molar-refractivity contribution in [2.45, 2.75) is 26.3 Å². The second-order valence-electron chi connectivity index (χ2n) is 4.88. The van der Waals surface area contributed by atoms with Gasteiger partial charge in [0.1, 0.15) is 5.78 Å². The van der Waals surface area contributed by atoms with Crippen molar-refractivity contribution < 1.29 is 14.3 Å². The van der Waals surface area contributed by atoms with Crippen molar-refractivity contribution in [3.05, 3.63) is 53.9 Å². The van der Waals surface area contributed by atoms with Gasteiger partial charge in [-0.2, -0.15) is 0 Å². The van der Waals surface area contributed by atoms with Crippen molar-refractivity contribution in [1.29, 1.82) is 0 Å². The summed E-state index contributed by atoms with van der Waals surface area (Å²) in [7, 11) is 0. The molecule has 0 amide bonds. The molecule has 0 N–H and O–H groups in total. The van der Waals surface area contributed by atoms with Crippen molar-refractivity contribution in [2.24, 2.45) is 0 Å². The third-order valence-corrected chi connectivity index (χ3v) is 3.29. The third-order valence-electron chi connectivity index (χ3n) is 3.29. The second-order valence-corrected chi connectivity index (χ2v) is 4.88. The third kappa shape index (κ3) is 3.81. The van der Waals surface area contributed by atoms with Crippen LogP contribution in [0.2, 0.25) is 0 Å². The molecule has 0 aliphatic carbocycles. The van der Waals surface area contributed by atoms with Gasteiger partial charge >= 0.3 is 5.97 Å². The molecule has 1 aromatic rings. The lowest BCUT2D eigenvalue weighted by Gasteiger charge is -2.31. The molecule has 1 aromatic carbocycles. The Kier molecular flexibility index (Phi) is 4.93. The minimum absolute atomic E-state index is 0.0885. The number of carbonyl (C=O) groups is 2. The first kappa shape index (κ1) is 15.0. The predicted octanol–water partition coefficient (Wildman–Crippen LogP) is 3.07. The molecule has 4 heteroatoms. The fourth-order valence-electron chi connectivity index (χ4n) is 2.38. The summed E-state index contributed by atoms with van der Waals surface area (Å²) >= 11 is 0. The number of ether oxygens (including phenoxy) is 1. The van der Waals surface area contributed by atoms with Crippen LogP contribution in [-0.2, 0) is 14.3 Å². The first-order chi connectivity index (χ1) is 10.1. The predicted molar refractivity (Wildman–Crippen MR) is 81.1 cm³/mol. The van der Waals surface area contributed by atoms with Gasteiger partial charge in [-0.25, -0.2) is 4.79 Å². The summed E-state index contributed by atoms with van der Waals surface area (Å²) in [4.78, 5) is 24.9. The number of esters is 1. The Morgan fingerprint density at radius 1 is 1.33 bits per heavy atom. The number of nitrogens with zero attached hydrogens (tertiary/aromatic N) is 1. The van der Waals surface area contributed by atoms with Gasteiger partial charge in [-0.05, 0) is 31.1 Å². The first-order valence-corrected chi connectivity index (χ1v) is 7.00. The van der Waals surface area contributed by atoms with Gasteiger partial charge < -0.3 is 9.64 Å². The molecule has 1 atom stereocenters. The van der Waals surface area contributed by atoms with Crippen molar-refractivity contribution in [3.63, 3.8) is 0 Å². The molecular formula is C17H19NO3. The van der Waals surface area contributed by atoms with Crippen LogP contribution in [0.1, 0.15) is 37.4 Å². The van der Waals surface area contributed by atoms with E-state index in [0.29, 0.717) is 13.0 Å². The Labute approximate surface area is 124 Å². The van der Waals surface area contributed by atoms with Gasteiger partial charge in [0.25, 0.3) is 0 Å². The SMILES string of the molecule is CCOC(=O)/C=C/N1C=Cc2ccccc2C1CC(C)=O. The molecule has 0 bridgehead atoms. The van der Waals surface area contributed by atoms with Gasteiger partial charge in [-0.1, -0.05) is 24.3 Å². The number of Topliss-reactive ketones (excluding diaryl/α,β-unsaturated/α-hetero) is 1. The van der Waals surface area contributed by atoms with Gasteiger partial charge in [0.15, 0.2) is 0 Å². The van der Waals surface area contributed by atoms with Crippen LogP contribution in [0.15, 0.2) is 42.7 Å². The van der Waals surface area contributed by atoms with E-state index < -0.39 is 0 Å². The van der Waals surface area contributed by atoms with E-state index in [1.807, 2.05) is 41.4 Å². The lowest BCUT2D eigenvalue weighted by molar-refractivity contribution is -0.137. The highest BCUT2D eigenvalue weighted by Gasteiger charge is 2.23. The maximum Gasteiger partial charge on any atom is 0.332 e. The molecule has 21 heavy (non-hydrogen) atoms. The number of benzene rings is 1. The fourth-order valence-corrected chi connectivity index (χ4v) is 2.38. The summed E-state index contributed by atoms with van der Waals surface area (Å²) in [6.07, 6.45) is 7.30. The standard InChI is InChI=1S/C17H19NO3/c1-3-21-17(20)9-11-18-10-8-14-6-4-5-7-15(14)16(18)12-13(2)19/h4-11,16H,3,12H2,1-2H3/b11-9+. The van der Waals surface area contributed by atoms with E-state index in [-0.39, 0.29) is 17.8 Å². The molecule has 1 heterocycles. The van der Waals surface area contributed by atoms with Crippen LogP contribution in [0.25, 0.3) is 6.08 Å². The van der Waals surface area contributed by atoms with Crippen molar-refractivity contribution in [2.75, 3.05) is 6.61 Å². The Morgan fingerprint density at radius 3 is 2.81 bits per heavy atom. The average molecular weight is 285 g/mol. The lowest BCUT2D eigenvalue weighted by Crippen LogP contribution is -2.24. The molecule has 1 aliphatic heterocycles. The zero-order chi connectivity index (χ0) is 15.2. The van der Waals surface area contributed by atoms with E-state index in [4.69, 9.17) is 4.74 Å². The number of hydrogen-bond donors (Lipinski definition) is 0. The second kappa shape index (κ2) is 6.88. The highest BCUT2D eigenvalue weighted by molar-refractivity contribution is 5.82. The van der Waals surface area contributed by atoms with Crippen LogP contribution in [0.5, 0.6) is 0 Å². The number of hydrogen-bond acceptors (Lipinski definition) is 4. The molecular weight excluding hydrogens is 266 g/mol. The Bertz CT molecular complexity index is 589. The Hall–Kier alpha value is -2.36. The molecule has 0 aromatic heterocycles. The maximum atomic E-state index is 11.5. The van der Waals surface area contributed by atoms with Crippen LogP contribution < -0.4 is 0 Å². The molecule has 0 spiro atoms. The number of fused-ring (bicyclic) bond motifs is 1. The summed E-state index contributed by atoms with van der Waals surface area (Å²) in [5.41, 5.74) is 2.19. The van der Waals surface area contributed by atoms with Gasteiger partial charge in [0, 0.05) is 24.9 Å². The molecule has 0 saturated heterocycles. The molecule has 1 aliphatic rings. The van der Waals surface area contributed by atoms with Crippen LogP contribution in [0.3, 0.4) is 0 Å². The van der Waals surface area contributed by atoms with Crippen molar-refractivity contribution in [3.8, 4) is 0 Å². The van der Waals surface area contributed by atoms with E-state index >= 15 is 0 Å². The molecule has 1 unspecified atom stereocenters. The van der Waals surface area contributed by atoms with Crippen LogP contribution in [-0.4, -0.2) is 23.3 Å². The smallest absolute Gasteiger partial charge is 0.332 e. The van der Waals surface area contributed by atoms with Crippen molar-refractivity contribution >= 4 is 17.8 Å². The molecule has 0 fully saturated rings. The average Bonchev–Trinajstić information content (AvgIpc) is 2.46. The quantitative estimate of drug-likeness (QED) is 0.616. The van der Waals surface area contributed by atoms with E-state index in [9.17, 15) is 9.59 Å². The normalized spacial score (nSPS) is 16.9. The zero-order valence-corrected chi connectivity index (χ0v) is 12.3. The summed E-state index contributed by atoms with van der Waals surface area (Å²) in [5.74, 6) is -0.272. The monoisotopic (exact) mass is 285 g/mol. The first-order valence-electron chi connectivity index (χ1n) is 7.00. The fraction of sp³-hybridized carbons (Fsp3) is 0.294. The topological polar surface area (TPSA) is 46.6 Å². The summed E-state index contributed by atoms with van der Waals surface area (Å²) in [5, 5.41) is 0. The largest absolute Gasteiger partial charge is 0.463 e. The van der Waals surface area contributed by atoms with E-state index in [0.717, 1.165) is 11.1 Å². The molecule has 0 radical (unpaired) electrons. The van der Waals surface area contributed by atoms with E-state index in [1.165, 1.54) is 6.08 Å². The number of rotatable bonds is 5. The zero-order valence-electron chi connectivity index (χ0n) is 12.3. The van der Waals surface area contributed by atoms with Gasteiger partial charge in [0.05, 0.1) is 12.6 Å². The van der Waals surface area contributed by atoms with Gasteiger partial charge in [-0.15, -0.1) is 0 Å². The summed E-state index contributed by atoms with van der Waals surface area (Å²) in [6, 6.07) is 7.87. The number of ketones is 1. The van der Waals surface area contributed by atoms with Gasteiger partial charge in [0.2, 0.25) is 0 Å². The Balaban J connectivity index is 2.25. The van der Waals surface area contributed by atoms with Crippen LogP contribution in [0.4, 0.5) is 0 Å². The maximum absolute atomic E-state index is 11.5. The number of carbonyl (C=O) groups excluding carboxylic acids is 2. The molecule has 110 valence electrons. The molecule has 4 nitrogen and oxygen atoms in total. The molecule has 0 saturated carbocycles. The highest BCUT2D eigenvalue weighted by Crippen LogP contribution is 2.33. The van der Waals surface area contributed by atoms with Crippen molar-refractivity contribution in [1.82, 2.24) is 4.90 Å². The Morgan fingerprint density at radius 2 is 2.10 bits per heavy atom. The van der Waals surface area contributed by atoms with E-state index in [1.54, 1.807) is 20.0 Å². The van der Waals surface area contributed by atoms with Crippen LogP contribution in [0, 0.1) is 0 Å².